The van der Waals surface area contributed by atoms with Gasteiger partial charge in [-0.2, -0.15) is 0 Å². The first-order valence-corrected chi connectivity index (χ1v) is 17.0. The summed E-state index contributed by atoms with van der Waals surface area (Å²) in [6.45, 7) is 4.44. The van der Waals surface area contributed by atoms with E-state index in [1.54, 1.807) is 0 Å². The van der Waals surface area contributed by atoms with Gasteiger partial charge in [-0.3, -0.25) is 9.59 Å². The molecule has 0 fully saturated rings. The molecule has 1 N–H and O–H groups in total. The fourth-order valence-corrected chi connectivity index (χ4v) is 4.67. The normalized spacial score (nSPS) is 12.7. The Bertz CT molecular complexity index is 649. The standard InChI is InChI=1S/C36H64O4/c1-3-5-7-9-10-11-12-13-14-15-16-17-21-24-28-32-35(38)40-36(39)33-29-25-22-19-18-20-23-27-31-34(37)30-26-8-6-4-2/h10-11,13-14,23,27,34,37H,3-9,12,15-22,24-26,28-33H2,1-2H3/b11-10-,14-13-,27-23-/t34-/m1/s1. The molecule has 232 valence electrons. The molecular formula is C36H64O4. The van der Waals surface area contributed by atoms with E-state index in [0.717, 1.165) is 89.9 Å². The Kier molecular flexibility index (Phi) is 30.5. The topological polar surface area (TPSA) is 63.6 Å². The van der Waals surface area contributed by atoms with Crippen LogP contribution in [0.15, 0.2) is 36.5 Å². The van der Waals surface area contributed by atoms with Crippen molar-refractivity contribution >= 4 is 11.9 Å². The quantitative estimate of drug-likeness (QED) is 0.0427. The highest BCUT2D eigenvalue weighted by Crippen LogP contribution is 2.12. The number of aliphatic hydroxyl groups is 1. The SMILES string of the molecule is CCCCC/C=C\C/C=C\CCCCCCCC(=O)OC(=O)CCCCCCC/C=C\C[C@H](O)CCCCCC. The van der Waals surface area contributed by atoms with Gasteiger partial charge in [-0.1, -0.05) is 127 Å². The number of hydrogen-bond donors (Lipinski definition) is 1. The fraction of sp³-hybridized carbons (Fsp3) is 0.778. The molecule has 0 aliphatic rings. The molecule has 0 spiro atoms. The van der Waals surface area contributed by atoms with E-state index in [2.05, 4.69) is 50.3 Å². The molecule has 0 aromatic heterocycles. The maximum absolute atomic E-state index is 11.9. The molecule has 0 amide bonds. The number of allylic oxidation sites excluding steroid dienone is 5. The summed E-state index contributed by atoms with van der Waals surface area (Å²) in [6, 6.07) is 0. The molecule has 0 radical (unpaired) electrons. The van der Waals surface area contributed by atoms with Crippen LogP contribution in [0, 0.1) is 0 Å². The first-order chi connectivity index (χ1) is 19.6. The van der Waals surface area contributed by atoms with Crippen molar-refractivity contribution in [1.82, 2.24) is 0 Å². The van der Waals surface area contributed by atoms with Crippen molar-refractivity contribution in [1.29, 1.82) is 0 Å². The number of aliphatic hydroxyl groups excluding tert-OH is 1. The number of esters is 2. The van der Waals surface area contributed by atoms with Crippen LogP contribution in [0.1, 0.15) is 174 Å². The molecular weight excluding hydrogens is 496 g/mol. The highest BCUT2D eigenvalue weighted by molar-refractivity contribution is 5.85. The Hall–Kier alpha value is -1.68. The van der Waals surface area contributed by atoms with E-state index in [4.69, 9.17) is 4.74 Å². The van der Waals surface area contributed by atoms with Crippen molar-refractivity contribution in [3.05, 3.63) is 36.5 Å². The summed E-state index contributed by atoms with van der Waals surface area (Å²) in [5.41, 5.74) is 0. The fourth-order valence-electron chi connectivity index (χ4n) is 4.67. The van der Waals surface area contributed by atoms with Gasteiger partial charge in [-0.15, -0.1) is 0 Å². The van der Waals surface area contributed by atoms with Crippen molar-refractivity contribution in [2.24, 2.45) is 0 Å². The Balaban J connectivity index is 3.46. The van der Waals surface area contributed by atoms with Crippen molar-refractivity contribution in [2.45, 2.75) is 180 Å². The molecule has 0 rings (SSSR count). The minimum Gasteiger partial charge on any atom is -0.393 e. The second kappa shape index (κ2) is 31.8. The number of ether oxygens (including phenoxy) is 1. The van der Waals surface area contributed by atoms with Gasteiger partial charge in [0.2, 0.25) is 0 Å². The second-order valence-corrected chi connectivity index (χ2v) is 11.3. The van der Waals surface area contributed by atoms with E-state index >= 15 is 0 Å². The minimum atomic E-state index is -0.372. The van der Waals surface area contributed by atoms with Crippen LogP contribution >= 0.6 is 0 Å². The molecule has 4 nitrogen and oxygen atoms in total. The van der Waals surface area contributed by atoms with Gasteiger partial charge < -0.3 is 9.84 Å². The van der Waals surface area contributed by atoms with E-state index in [9.17, 15) is 14.7 Å². The van der Waals surface area contributed by atoms with E-state index in [-0.39, 0.29) is 18.0 Å². The van der Waals surface area contributed by atoms with Crippen molar-refractivity contribution in [3.63, 3.8) is 0 Å². The molecule has 0 saturated carbocycles. The largest absolute Gasteiger partial charge is 0.393 e. The average Bonchev–Trinajstić information content (AvgIpc) is 2.94. The molecule has 40 heavy (non-hydrogen) atoms. The van der Waals surface area contributed by atoms with Crippen LogP contribution < -0.4 is 0 Å². The van der Waals surface area contributed by atoms with Gasteiger partial charge in [0.05, 0.1) is 6.10 Å². The third-order valence-electron chi connectivity index (χ3n) is 7.28. The van der Waals surface area contributed by atoms with E-state index in [1.165, 1.54) is 57.8 Å². The molecule has 4 heteroatoms. The number of carbonyl (C=O) groups excluding carboxylic acids is 2. The lowest BCUT2D eigenvalue weighted by Crippen LogP contribution is -2.11. The van der Waals surface area contributed by atoms with E-state index < -0.39 is 0 Å². The average molecular weight is 561 g/mol. The van der Waals surface area contributed by atoms with Crippen LogP contribution in [0.2, 0.25) is 0 Å². The molecule has 0 saturated heterocycles. The van der Waals surface area contributed by atoms with Crippen molar-refractivity contribution < 1.29 is 19.4 Å². The first kappa shape index (κ1) is 38.3. The number of rotatable bonds is 29. The zero-order valence-electron chi connectivity index (χ0n) is 26.4. The highest BCUT2D eigenvalue weighted by atomic mass is 16.6. The van der Waals surface area contributed by atoms with Gasteiger partial charge in [0.15, 0.2) is 0 Å². The smallest absolute Gasteiger partial charge is 0.313 e. The second-order valence-electron chi connectivity index (χ2n) is 11.3. The van der Waals surface area contributed by atoms with Crippen LogP contribution in [-0.2, 0) is 14.3 Å². The zero-order valence-corrected chi connectivity index (χ0v) is 26.4. The lowest BCUT2D eigenvalue weighted by Gasteiger charge is -2.07. The molecule has 0 heterocycles. The van der Waals surface area contributed by atoms with Gasteiger partial charge in [0.1, 0.15) is 0 Å². The predicted octanol–water partition coefficient (Wildman–Crippen LogP) is 10.9. The lowest BCUT2D eigenvalue weighted by molar-refractivity contribution is -0.159. The monoisotopic (exact) mass is 560 g/mol. The summed E-state index contributed by atoms with van der Waals surface area (Å²) < 4.78 is 4.98. The van der Waals surface area contributed by atoms with Gasteiger partial charge in [-0.05, 0) is 70.6 Å². The molecule has 0 bridgehead atoms. The van der Waals surface area contributed by atoms with Gasteiger partial charge in [0, 0.05) is 12.8 Å². The maximum atomic E-state index is 11.9. The maximum Gasteiger partial charge on any atom is 0.313 e. The summed E-state index contributed by atoms with van der Waals surface area (Å²) in [4.78, 5) is 23.8. The van der Waals surface area contributed by atoms with E-state index in [1.807, 2.05) is 0 Å². The predicted molar refractivity (Wildman–Crippen MR) is 171 cm³/mol. The first-order valence-electron chi connectivity index (χ1n) is 17.0. The summed E-state index contributed by atoms with van der Waals surface area (Å²) in [7, 11) is 0. The summed E-state index contributed by atoms with van der Waals surface area (Å²) in [6.07, 6.45) is 39.2. The van der Waals surface area contributed by atoms with Gasteiger partial charge in [0.25, 0.3) is 0 Å². The van der Waals surface area contributed by atoms with Crippen LogP contribution in [0.25, 0.3) is 0 Å². The van der Waals surface area contributed by atoms with Crippen LogP contribution in [-0.4, -0.2) is 23.1 Å². The Morgan fingerprint density at radius 2 is 0.975 bits per heavy atom. The zero-order chi connectivity index (χ0) is 29.4. The van der Waals surface area contributed by atoms with Crippen LogP contribution in [0.5, 0.6) is 0 Å². The van der Waals surface area contributed by atoms with Crippen LogP contribution in [0.4, 0.5) is 0 Å². The Morgan fingerprint density at radius 3 is 1.52 bits per heavy atom. The van der Waals surface area contributed by atoms with Crippen molar-refractivity contribution in [2.75, 3.05) is 0 Å². The third kappa shape index (κ3) is 30.9. The van der Waals surface area contributed by atoms with Gasteiger partial charge in [-0.25, -0.2) is 0 Å². The summed E-state index contributed by atoms with van der Waals surface area (Å²) in [5, 5.41) is 9.97. The molecule has 0 aliphatic heterocycles. The number of unbranched alkanes of at least 4 members (excludes halogenated alkanes) is 16. The molecule has 1 atom stereocenters. The van der Waals surface area contributed by atoms with Crippen molar-refractivity contribution in [3.8, 4) is 0 Å². The molecule has 0 unspecified atom stereocenters. The van der Waals surface area contributed by atoms with E-state index in [0.29, 0.717) is 12.8 Å². The molecule has 0 aliphatic carbocycles. The Labute approximate surface area is 248 Å². The summed E-state index contributed by atoms with van der Waals surface area (Å²) in [5.74, 6) is -0.739. The lowest BCUT2D eigenvalue weighted by atomic mass is 10.1. The number of hydrogen-bond acceptors (Lipinski definition) is 4. The number of carbonyl (C=O) groups is 2. The Morgan fingerprint density at radius 1 is 0.550 bits per heavy atom. The summed E-state index contributed by atoms with van der Waals surface area (Å²) >= 11 is 0. The highest BCUT2D eigenvalue weighted by Gasteiger charge is 2.09. The molecule has 0 aromatic rings. The molecule has 0 aromatic carbocycles. The van der Waals surface area contributed by atoms with Gasteiger partial charge >= 0.3 is 11.9 Å². The third-order valence-corrected chi connectivity index (χ3v) is 7.28. The van der Waals surface area contributed by atoms with Crippen LogP contribution in [0.3, 0.4) is 0 Å². The minimum absolute atomic E-state index is 0.194.